The Bertz CT molecular complexity index is 633. The van der Waals surface area contributed by atoms with E-state index in [0.717, 1.165) is 12.8 Å². The van der Waals surface area contributed by atoms with Crippen molar-refractivity contribution in [3.63, 3.8) is 0 Å². The summed E-state index contributed by atoms with van der Waals surface area (Å²) in [6.07, 6.45) is 12.0. The number of aryl methyl sites for hydroxylation is 1. The third kappa shape index (κ3) is 2.76. The summed E-state index contributed by atoms with van der Waals surface area (Å²) in [5.41, 5.74) is 0.493. The van der Waals surface area contributed by atoms with Gasteiger partial charge in [0.2, 0.25) is 0 Å². The first-order chi connectivity index (χ1) is 9.74. The van der Waals surface area contributed by atoms with Gasteiger partial charge in [0.05, 0.1) is 6.04 Å². The molecule has 0 unspecified atom stereocenters. The Labute approximate surface area is 118 Å². The maximum atomic E-state index is 11.9. The Balaban J connectivity index is 1.91. The first-order valence-corrected chi connectivity index (χ1v) is 7.70. The third-order valence-corrected chi connectivity index (χ3v) is 4.22. The summed E-state index contributed by atoms with van der Waals surface area (Å²) in [6, 6.07) is 0.419. The summed E-state index contributed by atoms with van der Waals surface area (Å²) in [5.74, 6) is 0.627. The molecule has 5 nitrogen and oxygen atoms in total. The van der Waals surface area contributed by atoms with Gasteiger partial charge in [-0.25, -0.2) is 4.98 Å². The van der Waals surface area contributed by atoms with E-state index in [1.165, 1.54) is 38.5 Å². The molecule has 0 amide bonds. The van der Waals surface area contributed by atoms with Crippen LogP contribution >= 0.6 is 0 Å². The normalized spacial score (nSPS) is 18.6. The van der Waals surface area contributed by atoms with Crippen molar-refractivity contribution in [1.29, 1.82) is 0 Å². The van der Waals surface area contributed by atoms with Crippen LogP contribution in [0.4, 0.5) is 0 Å². The molecule has 2 aromatic heterocycles. The molecule has 20 heavy (non-hydrogen) atoms. The van der Waals surface area contributed by atoms with Gasteiger partial charge in [0.15, 0.2) is 5.65 Å². The molecule has 0 radical (unpaired) electrons. The van der Waals surface area contributed by atoms with Gasteiger partial charge in [0.25, 0.3) is 5.56 Å². The molecule has 0 aliphatic heterocycles. The average molecular weight is 274 g/mol. The van der Waals surface area contributed by atoms with Crippen molar-refractivity contribution < 1.29 is 0 Å². The Morgan fingerprint density at radius 1 is 1.15 bits per heavy atom. The van der Waals surface area contributed by atoms with E-state index in [1.54, 1.807) is 6.92 Å². The van der Waals surface area contributed by atoms with E-state index in [9.17, 15) is 4.79 Å². The monoisotopic (exact) mass is 274 g/mol. The highest BCUT2D eigenvalue weighted by Gasteiger charge is 2.16. The van der Waals surface area contributed by atoms with Crippen LogP contribution in [0, 0.1) is 6.92 Å². The predicted octanol–water partition coefficient (Wildman–Crippen LogP) is 3.10. The number of hydrogen-bond donors (Lipinski definition) is 1. The number of nitrogens with one attached hydrogen (secondary N) is 1. The van der Waals surface area contributed by atoms with Gasteiger partial charge in [-0.3, -0.25) is 9.48 Å². The first kappa shape index (κ1) is 13.3. The molecule has 2 aromatic rings. The lowest BCUT2D eigenvalue weighted by atomic mass is 10.1. The van der Waals surface area contributed by atoms with Crippen LogP contribution in [0.3, 0.4) is 0 Å². The van der Waals surface area contributed by atoms with Gasteiger partial charge in [-0.2, -0.15) is 5.10 Å². The summed E-state index contributed by atoms with van der Waals surface area (Å²) >= 11 is 0. The highest BCUT2D eigenvalue weighted by molar-refractivity contribution is 5.72. The molecule has 1 saturated carbocycles. The van der Waals surface area contributed by atoms with E-state index < -0.39 is 0 Å². The van der Waals surface area contributed by atoms with Crippen molar-refractivity contribution >= 4 is 11.0 Å². The summed E-state index contributed by atoms with van der Waals surface area (Å²) in [5, 5.41) is 5.15. The van der Waals surface area contributed by atoms with E-state index in [4.69, 9.17) is 0 Å². The number of hydrogen-bond acceptors (Lipinski definition) is 3. The fourth-order valence-electron chi connectivity index (χ4n) is 3.11. The van der Waals surface area contributed by atoms with Crippen LogP contribution < -0.4 is 5.56 Å². The minimum absolute atomic E-state index is 0.0817. The minimum Gasteiger partial charge on any atom is -0.310 e. The van der Waals surface area contributed by atoms with Crippen LogP contribution in [0.25, 0.3) is 11.0 Å². The standard InChI is InChI=1S/C15H22N4O/c1-11-16-14-13(15(20)17-11)10-19(18-14)12-8-6-4-2-3-5-7-9-12/h10,12H,2-9H2,1H3,(H,16,17,18,20). The van der Waals surface area contributed by atoms with Crippen LogP contribution in [-0.2, 0) is 0 Å². The Hall–Kier alpha value is -1.65. The smallest absolute Gasteiger partial charge is 0.262 e. The van der Waals surface area contributed by atoms with Gasteiger partial charge in [-0.15, -0.1) is 0 Å². The van der Waals surface area contributed by atoms with Crippen molar-refractivity contribution in [2.45, 2.75) is 64.3 Å². The zero-order chi connectivity index (χ0) is 13.9. The molecule has 0 bridgehead atoms. The average Bonchev–Trinajstić information content (AvgIpc) is 2.86. The molecule has 108 valence electrons. The second-order valence-corrected chi connectivity index (χ2v) is 5.85. The van der Waals surface area contributed by atoms with Gasteiger partial charge in [-0.1, -0.05) is 38.5 Å². The lowest BCUT2D eigenvalue weighted by Gasteiger charge is -2.16. The number of fused-ring (bicyclic) bond motifs is 1. The molecular weight excluding hydrogens is 252 g/mol. The van der Waals surface area contributed by atoms with E-state index >= 15 is 0 Å². The van der Waals surface area contributed by atoms with Gasteiger partial charge < -0.3 is 4.98 Å². The molecule has 3 rings (SSSR count). The first-order valence-electron chi connectivity index (χ1n) is 7.70. The Morgan fingerprint density at radius 2 is 1.80 bits per heavy atom. The van der Waals surface area contributed by atoms with Gasteiger partial charge in [0.1, 0.15) is 11.2 Å². The van der Waals surface area contributed by atoms with Crippen LogP contribution in [0.1, 0.15) is 63.2 Å². The summed E-state index contributed by atoms with van der Waals surface area (Å²) in [7, 11) is 0. The fraction of sp³-hybridized carbons (Fsp3) is 0.667. The molecule has 1 aliphatic carbocycles. The molecule has 1 fully saturated rings. The SMILES string of the molecule is Cc1nc2nn(C3CCCCCCCC3)cc2c(=O)[nH]1. The molecule has 1 N–H and O–H groups in total. The number of rotatable bonds is 1. The van der Waals surface area contributed by atoms with Crippen LogP contribution in [-0.4, -0.2) is 19.7 Å². The van der Waals surface area contributed by atoms with Crippen molar-refractivity contribution in [3.05, 3.63) is 22.4 Å². The summed E-state index contributed by atoms with van der Waals surface area (Å²) in [4.78, 5) is 19.0. The van der Waals surface area contributed by atoms with Gasteiger partial charge in [0, 0.05) is 6.20 Å². The zero-order valence-corrected chi connectivity index (χ0v) is 12.1. The second kappa shape index (κ2) is 5.77. The molecule has 0 spiro atoms. The van der Waals surface area contributed by atoms with E-state index in [-0.39, 0.29) is 5.56 Å². The molecule has 1 aliphatic rings. The topological polar surface area (TPSA) is 63.6 Å². The molecule has 2 heterocycles. The van der Waals surface area contributed by atoms with Crippen LogP contribution in [0.5, 0.6) is 0 Å². The highest BCUT2D eigenvalue weighted by Crippen LogP contribution is 2.26. The summed E-state index contributed by atoms with van der Waals surface area (Å²) < 4.78 is 1.98. The minimum atomic E-state index is -0.0817. The number of aromatic nitrogens is 4. The quantitative estimate of drug-likeness (QED) is 0.869. The van der Waals surface area contributed by atoms with Crippen LogP contribution in [0.15, 0.2) is 11.0 Å². The molecule has 0 saturated heterocycles. The Morgan fingerprint density at radius 3 is 2.50 bits per heavy atom. The largest absolute Gasteiger partial charge is 0.310 e. The predicted molar refractivity (Wildman–Crippen MR) is 78.9 cm³/mol. The van der Waals surface area contributed by atoms with Crippen molar-refractivity contribution in [1.82, 2.24) is 19.7 Å². The lowest BCUT2D eigenvalue weighted by Crippen LogP contribution is -2.09. The lowest BCUT2D eigenvalue weighted by molar-refractivity contribution is 0.384. The van der Waals surface area contributed by atoms with Crippen molar-refractivity contribution in [2.75, 3.05) is 0 Å². The summed E-state index contributed by atoms with van der Waals surface area (Å²) in [6.45, 7) is 1.79. The van der Waals surface area contributed by atoms with Crippen molar-refractivity contribution in [2.24, 2.45) is 0 Å². The maximum absolute atomic E-state index is 11.9. The number of H-pyrrole nitrogens is 1. The number of nitrogens with zero attached hydrogens (tertiary/aromatic N) is 3. The maximum Gasteiger partial charge on any atom is 0.262 e. The van der Waals surface area contributed by atoms with Crippen LogP contribution in [0.2, 0.25) is 0 Å². The van der Waals surface area contributed by atoms with E-state index in [0.29, 0.717) is 22.9 Å². The molecule has 5 heteroatoms. The second-order valence-electron chi connectivity index (χ2n) is 5.85. The number of aromatic amines is 1. The van der Waals surface area contributed by atoms with E-state index in [2.05, 4.69) is 15.1 Å². The van der Waals surface area contributed by atoms with Gasteiger partial charge in [-0.05, 0) is 19.8 Å². The van der Waals surface area contributed by atoms with Gasteiger partial charge >= 0.3 is 0 Å². The Kier molecular flexibility index (Phi) is 3.85. The zero-order valence-electron chi connectivity index (χ0n) is 12.1. The molecular formula is C15H22N4O. The highest BCUT2D eigenvalue weighted by atomic mass is 16.1. The molecule has 0 atom stereocenters. The third-order valence-electron chi connectivity index (χ3n) is 4.22. The fourth-order valence-corrected chi connectivity index (χ4v) is 3.11. The molecule has 0 aromatic carbocycles. The van der Waals surface area contributed by atoms with E-state index in [1.807, 2.05) is 10.9 Å². The van der Waals surface area contributed by atoms with Crippen molar-refractivity contribution in [3.8, 4) is 0 Å².